The SMILES string of the molecule is Cc1cc(C2(c3ccc(Oc4cc(N)ccc4C(C)C)c(C)c3)c3ccccc3-c3ccccc32)ccc1Oc1cc(N)ccc1C(C)C. The van der Waals surface area contributed by atoms with Crippen molar-refractivity contribution in [1.82, 2.24) is 0 Å². The Balaban J connectivity index is 1.38. The molecule has 0 bridgehead atoms. The van der Waals surface area contributed by atoms with Gasteiger partial charge in [0.1, 0.15) is 23.0 Å². The van der Waals surface area contributed by atoms with E-state index in [1.807, 2.05) is 24.3 Å². The Labute approximate surface area is 290 Å². The molecule has 0 saturated carbocycles. The Morgan fingerprint density at radius 3 is 1.27 bits per heavy atom. The van der Waals surface area contributed by atoms with E-state index >= 15 is 0 Å². The summed E-state index contributed by atoms with van der Waals surface area (Å²) in [5, 5.41) is 0. The van der Waals surface area contributed by atoms with Crippen molar-refractivity contribution in [3.8, 4) is 34.1 Å². The van der Waals surface area contributed by atoms with E-state index in [1.54, 1.807) is 0 Å². The van der Waals surface area contributed by atoms with Gasteiger partial charge < -0.3 is 20.9 Å². The maximum atomic E-state index is 6.60. The highest BCUT2D eigenvalue weighted by molar-refractivity contribution is 5.86. The van der Waals surface area contributed by atoms with Crippen molar-refractivity contribution >= 4 is 11.4 Å². The molecule has 246 valence electrons. The quantitative estimate of drug-likeness (QED) is 0.162. The lowest BCUT2D eigenvalue weighted by Crippen LogP contribution is -2.28. The first-order chi connectivity index (χ1) is 23.6. The van der Waals surface area contributed by atoms with Gasteiger partial charge in [0, 0.05) is 23.5 Å². The Morgan fingerprint density at radius 2 is 0.878 bits per heavy atom. The summed E-state index contributed by atoms with van der Waals surface area (Å²) in [7, 11) is 0. The van der Waals surface area contributed by atoms with Crippen LogP contribution < -0.4 is 20.9 Å². The van der Waals surface area contributed by atoms with Crippen molar-refractivity contribution in [2.45, 2.75) is 58.8 Å². The van der Waals surface area contributed by atoms with Crippen molar-refractivity contribution in [2.75, 3.05) is 11.5 Å². The third-order valence-electron chi connectivity index (χ3n) is 9.93. The number of hydrogen-bond acceptors (Lipinski definition) is 4. The summed E-state index contributed by atoms with van der Waals surface area (Å²) in [5.41, 5.74) is 24.9. The molecular weight excluding hydrogens is 601 g/mol. The van der Waals surface area contributed by atoms with Gasteiger partial charge in [-0.3, -0.25) is 0 Å². The maximum absolute atomic E-state index is 6.60. The molecule has 4 nitrogen and oxygen atoms in total. The maximum Gasteiger partial charge on any atom is 0.132 e. The minimum atomic E-state index is -0.555. The minimum Gasteiger partial charge on any atom is -0.457 e. The number of rotatable bonds is 8. The molecule has 1 aliphatic carbocycles. The molecule has 4 N–H and O–H groups in total. The van der Waals surface area contributed by atoms with E-state index in [-0.39, 0.29) is 0 Å². The summed E-state index contributed by atoms with van der Waals surface area (Å²) >= 11 is 0. The van der Waals surface area contributed by atoms with Gasteiger partial charge in [-0.05, 0) is 106 Å². The number of aryl methyl sites for hydroxylation is 2. The Kier molecular flexibility index (Phi) is 8.20. The number of nitrogens with two attached hydrogens (primary N) is 2. The molecule has 0 unspecified atom stereocenters. The van der Waals surface area contributed by atoms with Gasteiger partial charge in [0.05, 0.1) is 5.41 Å². The summed E-state index contributed by atoms with van der Waals surface area (Å²) in [6.07, 6.45) is 0. The van der Waals surface area contributed by atoms with Crippen LogP contribution in [-0.4, -0.2) is 0 Å². The van der Waals surface area contributed by atoms with E-state index in [9.17, 15) is 0 Å². The van der Waals surface area contributed by atoms with Crippen LogP contribution in [-0.2, 0) is 5.41 Å². The van der Waals surface area contributed by atoms with E-state index in [0.717, 1.165) is 45.3 Å². The van der Waals surface area contributed by atoms with Crippen LogP contribution in [0, 0.1) is 13.8 Å². The van der Waals surface area contributed by atoms with E-state index in [2.05, 4.69) is 139 Å². The summed E-state index contributed by atoms with van der Waals surface area (Å²) < 4.78 is 13.2. The lowest BCUT2D eigenvalue weighted by molar-refractivity contribution is 0.469. The number of fused-ring (bicyclic) bond motifs is 3. The number of ether oxygens (including phenoxy) is 2. The predicted octanol–water partition coefficient (Wildman–Crippen LogP) is 11.7. The molecular formula is C45H44N2O2. The van der Waals surface area contributed by atoms with Crippen LogP contribution in [0.3, 0.4) is 0 Å². The Morgan fingerprint density at radius 1 is 0.469 bits per heavy atom. The lowest BCUT2D eigenvalue weighted by Gasteiger charge is -2.34. The van der Waals surface area contributed by atoms with Gasteiger partial charge in [-0.2, -0.15) is 0 Å². The van der Waals surface area contributed by atoms with Crippen LogP contribution in [0.4, 0.5) is 11.4 Å². The second-order valence-electron chi connectivity index (χ2n) is 13.9. The number of nitrogen functional groups attached to an aromatic ring is 2. The van der Waals surface area contributed by atoms with Gasteiger partial charge in [-0.25, -0.2) is 0 Å². The summed E-state index contributed by atoms with van der Waals surface area (Å²) in [6.45, 7) is 12.9. The third kappa shape index (κ3) is 5.51. The molecule has 0 radical (unpaired) electrons. The van der Waals surface area contributed by atoms with Crippen molar-refractivity contribution in [2.24, 2.45) is 0 Å². The van der Waals surface area contributed by atoms with Crippen LogP contribution >= 0.6 is 0 Å². The van der Waals surface area contributed by atoms with Gasteiger partial charge in [0.15, 0.2) is 0 Å². The lowest BCUT2D eigenvalue weighted by atomic mass is 9.67. The van der Waals surface area contributed by atoms with Gasteiger partial charge in [0.2, 0.25) is 0 Å². The number of hydrogen-bond donors (Lipinski definition) is 2. The van der Waals surface area contributed by atoms with Gasteiger partial charge in [-0.15, -0.1) is 0 Å². The molecule has 0 spiro atoms. The third-order valence-corrected chi connectivity index (χ3v) is 9.93. The predicted molar refractivity (Wildman–Crippen MR) is 203 cm³/mol. The van der Waals surface area contributed by atoms with Gasteiger partial charge in [-0.1, -0.05) is 113 Å². The second-order valence-corrected chi connectivity index (χ2v) is 13.9. The minimum absolute atomic E-state index is 0.302. The molecule has 6 aromatic rings. The topological polar surface area (TPSA) is 70.5 Å². The fraction of sp³-hybridized carbons (Fsp3) is 0.200. The van der Waals surface area contributed by atoms with Crippen LogP contribution in [0.5, 0.6) is 23.0 Å². The highest BCUT2D eigenvalue weighted by atomic mass is 16.5. The molecule has 0 amide bonds. The van der Waals surface area contributed by atoms with Gasteiger partial charge in [0.25, 0.3) is 0 Å². The molecule has 0 aromatic heterocycles. The molecule has 7 rings (SSSR count). The molecule has 1 aliphatic rings. The zero-order valence-corrected chi connectivity index (χ0v) is 29.2. The first-order valence-electron chi connectivity index (χ1n) is 17.1. The molecule has 6 aromatic carbocycles. The molecule has 0 heterocycles. The Hall–Kier alpha value is -5.48. The fourth-order valence-electron chi connectivity index (χ4n) is 7.49. The summed E-state index contributed by atoms with van der Waals surface area (Å²) in [4.78, 5) is 0. The van der Waals surface area contributed by atoms with E-state index < -0.39 is 5.41 Å². The van der Waals surface area contributed by atoms with Crippen LogP contribution in [0.2, 0.25) is 0 Å². The first kappa shape index (κ1) is 32.1. The summed E-state index contributed by atoms with van der Waals surface area (Å²) in [5.74, 6) is 3.82. The average Bonchev–Trinajstić information content (AvgIpc) is 3.37. The normalized spacial score (nSPS) is 13.0. The highest BCUT2D eigenvalue weighted by Crippen LogP contribution is 2.57. The molecule has 0 fully saturated rings. The van der Waals surface area contributed by atoms with Crippen LogP contribution in [0.25, 0.3) is 11.1 Å². The van der Waals surface area contributed by atoms with Crippen molar-refractivity contribution < 1.29 is 9.47 Å². The number of anilines is 2. The molecule has 0 atom stereocenters. The highest BCUT2D eigenvalue weighted by Gasteiger charge is 2.46. The van der Waals surface area contributed by atoms with Crippen LogP contribution in [0.15, 0.2) is 121 Å². The average molecular weight is 645 g/mol. The van der Waals surface area contributed by atoms with Gasteiger partial charge >= 0.3 is 0 Å². The second kappa shape index (κ2) is 12.5. The zero-order chi connectivity index (χ0) is 34.4. The number of benzene rings is 6. The van der Waals surface area contributed by atoms with Crippen molar-refractivity contribution in [1.29, 1.82) is 0 Å². The molecule has 4 heteroatoms. The summed E-state index contributed by atoms with van der Waals surface area (Å²) in [6, 6.07) is 42.7. The molecule has 0 aliphatic heterocycles. The van der Waals surface area contributed by atoms with Crippen molar-refractivity contribution in [3.63, 3.8) is 0 Å². The standard InChI is InChI=1S/C45H44N2O2/c1-27(2)35-19-17-33(46)25-43(35)48-41-21-15-31(23-29(41)5)45(39-13-9-7-11-37(39)38-12-8-10-14-40(38)45)32-16-22-42(30(6)24-32)49-44-26-34(47)18-20-36(44)28(3)4/h7-28H,46-47H2,1-6H3. The monoisotopic (exact) mass is 644 g/mol. The zero-order valence-electron chi connectivity index (χ0n) is 29.2. The largest absolute Gasteiger partial charge is 0.457 e. The van der Waals surface area contributed by atoms with E-state index in [0.29, 0.717) is 23.2 Å². The molecule has 49 heavy (non-hydrogen) atoms. The first-order valence-corrected chi connectivity index (χ1v) is 17.1. The van der Waals surface area contributed by atoms with Crippen LogP contribution in [0.1, 0.15) is 84.0 Å². The fourth-order valence-corrected chi connectivity index (χ4v) is 7.49. The Bertz CT molecular complexity index is 2040. The molecule has 0 saturated heterocycles. The van der Waals surface area contributed by atoms with Crippen molar-refractivity contribution in [3.05, 3.63) is 166 Å². The smallest absolute Gasteiger partial charge is 0.132 e. The van der Waals surface area contributed by atoms with E-state index in [1.165, 1.54) is 33.4 Å². The van der Waals surface area contributed by atoms with E-state index in [4.69, 9.17) is 20.9 Å².